The zero-order chi connectivity index (χ0) is 28.2. The van der Waals surface area contributed by atoms with Gasteiger partial charge in [0.05, 0.1) is 26.6 Å². The predicted molar refractivity (Wildman–Crippen MR) is 154 cm³/mol. The van der Waals surface area contributed by atoms with Crippen molar-refractivity contribution in [3.63, 3.8) is 0 Å². The Morgan fingerprint density at radius 3 is 2.38 bits per heavy atom. The van der Waals surface area contributed by atoms with Gasteiger partial charge in [0, 0.05) is 25.4 Å². The van der Waals surface area contributed by atoms with Gasteiger partial charge in [0.1, 0.15) is 17.7 Å². The van der Waals surface area contributed by atoms with Crippen molar-refractivity contribution in [2.75, 3.05) is 5.32 Å². The Bertz CT molecular complexity index is 1740. The molecule has 1 fully saturated rings. The Morgan fingerprint density at radius 1 is 1.02 bits per heavy atom. The van der Waals surface area contributed by atoms with Gasteiger partial charge in [-0.3, -0.25) is 10.1 Å². The minimum Gasteiger partial charge on any atom is -0.481 e. The van der Waals surface area contributed by atoms with Crippen molar-refractivity contribution in [1.82, 2.24) is 4.37 Å². The van der Waals surface area contributed by atoms with Crippen molar-refractivity contribution < 1.29 is 28.2 Å². The number of nitrogens with one attached hydrogen (secondary N) is 1. The summed E-state index contributed by atoms with van der Waals surface area (Å²) in [5.74, 6) is -2.49. The van der Waals surface area contributed by atoms with E-state index < -0.39 is 35.2 Å². The van der Waals surface area contributed by atoms with Crippen molar-refractivity contribution >= 4 is 61.4 Å². The van der Waals surface area contributed by atoms with Crippen LogP contribution in [-0.4, -0.2) is 21.5 Å². The van der Waals surface area contributed by atoms with E-state index in [4.69, 9.17) is 4.74 Å². The van der Waals surface area contributed by atoms with Crippen LogP contribution < -0.4 is 5.32 Å². The molecule has 1 aliphatic carbocycles. The van der Waals surface area contributed by atoms with E-state index in [1.54, 1.807) is 19.9 Å². The van der Waals surface area contributed by atoms with E-state index in [0.29, 0.717) is 29.1 Å². The summed E-state index contributed by atoms with van der Waals surface area (Å²) in [4.78, 5) is 26.5. The number of halogens is 2. The molecule has 0 spiro atoms. The maximum Gasteiger partial charge on any atom is 0.412 e. The molecule has 0 unspecified atom stereocenters. The van der Waals surface area contributed by atoms with Crippen LogP contribution in [0.15, 0.2) is 54.6 Å². The number of hydrogen-bond donors (Lipinski definition) is 2. The SMILES string of the molecule is Cc1nsc(-c2cc3sc(-c4cc(F)c(C5(C(=O)O)CC5)cc4F)cc3s2)c1NC(=O)O[C@H](C)c1ccccc1. The second-order valence-corrected chi connectivity index (χ2v) is 12.6. The van der Waals surface area contributed by atoms with Crippen LogP contribution in [0.25, 0.3) is 29.6 Å². The number of amides is 1. The molecule has 6 rings (SSSR count). The number of aromatic nitrogens is 1. The van der Waals surface area contributed by atoms with Gasteiger partial charge in [-0.2, -0.15) is 4.37 Å². The summed E-state index contributed by atoms with van der Waals surface area (Å²) in [6.07, 6.45) is -0.417. The molecule has 40 heavy (non-hydrogen) atoms. The van der Waals surface area contributed by atoms with Gasteiger partial charge in [-0.05, 0) is 68.1 Å². The van der Waals surface area contributed by atoms with Crippen molar-refractivity contribution in [3.05, 3.63) is 83.1 Å². The number of thiophene rings is 2. The van der Waals surface area contributed by atoms with Crippen LogP contribution in [0.5, 0.6) is 0 Å². The summed E-state index contributed by atoms with van der Waals surface area (Å²) < 4.78 is 41.7. The van der Waals surface area contributed by atoms with Crippen LogP contribution in [0, 0.1) is 18.6 Å². The maximum absolute atomic E-state index is 15.1. The van der Waals surface area contributed by atoms with E-state index in [9.17, 15) is 19.1 Å². The number of fused-ring (bicyclic) bond motifs is 1. The molecule has 1 saturated carbocycles. The first kappa shape index (κ1) is 26.5. The van der Waals surface area contributed by atoms with Crippen molar-refractivity contribution in [3.8, 4) is 20.2 Å². The third kappa shape index (κ3) is 4.67. The Hall–Kier alpha value is -3.67. The molecular weight excluding hydrogens is 575 g/mol. The summed E-state index contributed by atoms with van der Waals surface area (Å²) >= 11 is 4.03. The lowest BCUT2D eigenvalue weighted by Crippen LogP contribution is -2.21. The summed E-state index contributed by atoms with van der Waals surface area (Å²) in [5.41, 5.74) is 0.795. The van der Waals surface area contributed by atoms with Crippen LogP contribution in [0.3, 0.4) is 0 Å². The lowest BCUT2D eigenvalue weighted by atomic mass is 9.94. The number of ether oxygens (including phenoxy) is 1. The van der Waals surface area contributed by atoms with Gasteiger partial charge in [-0.25, -0.2) is 13.6 Å². The van der Waals surface area contributed by atoms with Crippen molar-refractivity contribution in [1.29, 1.82) is 0 Å². The molecule has 6 nitrogen and oxygen atoms in total. The summed E-state index contributed by atoms with van der Waals surface area (Å²) in [7, 11) is 0. The van der Waals surface area contributed by atoms with Gasteiger partial charge in [0.2, 0.25) is 0 Å². The Labute approximate surface area is 240 Å². The number of carbonyl (C=O) groups excluding carboxylic acids is 1. The number of aliphatic carboxylic acids is 1. The second kappa shape index (κ2) is 10.1. The lowest BCUT2D eigenvalue weighted by molar-refractivity contribution is -0.140. The first-order valence-electron chi connectivity index (χ1n) is 12.4. The molecule has 3 aromatic heterocycles. The average molecular weight is 597 g/mol. The number of benzene rings is 2. The van der Waals surface area contributed by atoms with Gasteiger partial charge in [-0.1, -0.05) is 30.3 Å². The Morgan fingerprint density at radius 2 is 1.70 bits per heavy atom. The minimum absolute atomic E-state index is 0.0980. The van der Waals surface area contributed by atoms with Gasteiger partial charge < -0.3 is 9.84 Å². The summed E-state index contributed by atoms with van der Waals surface area (Å²) in [5, 5.41) is 12.3. The van der Waals surface area contributed by atoms with Crippen molar-refractivity contribution in [2.24, 2.45) is 0 Å². The van der Waals surface area contributed by atoms with Gasteiger partial charge in [-0.15, -0.1) is 22.7 Å². The van der Waals surface area contributed by atoms with E-state index >= 15 is 4.39 Å². The molecule has 0 radical (unpaired) electrons. The monoisotopic (exact) mass is 596 g/mol. The van der Waals surface area contributed by atoms with Gasteiger partial charge in [0.25, 0.3) is 0 Å². The van der Waals surface area contributed by atoms with Crippen LogP contribution in [-0.2, 0) is 14.9 Å². The average Bonchev–Trinajstić information content (AvgIpc) is 3.34. The molecule has 1 aliphatic rings. The topological polar surface area (TPSA) is 88.5 Å². The summed E-state index contributed by atoms with van der Waals surface area (Å²) in [6, 6.07) is 15.3. The van der Waals surface area contributed by atoms with E-state index in [0.717, 1.165) is 36.9 Å². The quantitative estimate of drug-likeness (QED) is 0.196. The minimum atomic E-state index is -1.32. The number of carboxylic acid groups (broad SMARTS) is 1. The number of carboxylic acids is 1. The zero-order valence-corrected chi connectivity index (χ0v) is 23.7. The summed E-state index contributed by atoms with van der Waals surface area (Å²) in [6.45, 7) is 3.61. The number of hydrogen-bond acceptors (Lipinski definition) is 7. The number of rotatable bonds is 7. The molecule has 3 heterocycles. The molecule has 0 saturated heterocycles. The molecule has 0 aliphatic heterocycles. The molecule has 2 N–H and O–H groups in total. The first-order valence-corrected chi connectivity index (χ1v) is 14.8. The third-order valence-corrected chi connectivity index (χ3v) is 10.5. The normalized spacial score (nSPS) is 14.7. The van der Waals surface area contributed by atoms with Crippen LogP contribution in [0.2, 0.25) is 0 Å². The van der Waals surface area contributed by atoms with Crippen molar-refractivity contribution in [2.45, 2.75) is 38.2 Å². The molecule has 5 aromatic rings. The first-order chi connectivity index (χ1) is 19.2. The molecule has 0 bridgehead atoms. The fraction of sp³-hybridized carbons (Fsp3) is 0.207. The Kier molecular flexibility index (Phi) is 6.68. The Balaban J connectivity index is 1.24. The smallest absolute Gasteiger partial charge is 0.412 e. The molecule has 1 amide bonds. The fourth-order valence-electron chi connectivity index (χ4n) is 4.68. The second-order valence-electron chi connectivity index (χ2n) is 9.70. The largest absolute Gasteiger partial charge is 0.481 e. The molecule has 1 atom stereocenters. The zero-order valence-electron chi connectivity index (χ0n) is 21.3. The molecule has 2 aromatic carbocycles. The van der Waals surface area contributed by atoms with Gasteiger partial charge >= 0.3 is 12.1 Å². The van der Waals surface area contributed by atoms with E-state index in [-0.39, 0.29) is 11.1 Å². The van der Waals surface area contributed by atoms with E-state index in [2.05, 4.69) is 9.69 Å². The highest BCUT2D eigenvalue weighted by Gasteiger charge is 2.53. The third-order valence-electron chi connectivity index (χ3n) is 7.07. The standard InChI is InChI=1S/C29H22F2N2O4S3/c1-14-25(32-28(36)37-15(2)16-6-4-3-5-7-16)26(40-33-14)24-13-23-22(39-24)12-21(38-23)17-10-20(31)18(11-19(17)30)29(8-9-29)27(34)35/h3-7,10-13,15H,8-9H2,1-2H3,(H,32,36)(H,34,35)/t15-/m1/s1. The maximum atomic E-state index is 15.1. The van der Waals surface area contributed by atoms with Gasteiger partial charge in [0.15, 0.2) is 0 Å². The van der Waals surface area contributed by atoms with Crippen LogP contribution in [0.4, 0.5) is 19.3 Å². The van der Waals surface area contributed by atoms with E-state index in [1.165, 1.54) is 34.2 Å². The van der Waals surface area contributed by atoms with Crippen LogP contribution in [0.1, 0.15) is 42.7 Å². The highest BCUT2D eigenvalue weighted by Crippen LogP contribution is 2.51. The van der Waals surface area contributed by atoms with Crippen LogP contribution >= 0.6 is 34.2 Å². The molecular formula is C29H22F2N2O4S3. The highest BCUT2D eigenvalue weighted by atomic mass is 32.1. The number of nitrogens with zero attached hydrogens (tertiary/aromatic N) is 1. The fourth-order valence-corrected chi connectivity index (χ4v) is 8.03. The number of aryl methyl sites for hydroxylation is 1. The van der Waals surface area contributed by atoms with E-state index in [1.807, 2.05) is 36.4 Å². The highest BCUT2D eigenvalue weighted by molar-refractivity contribution is 7.32. The lowest BCUT2D eigenvalue weighted by Gasteiger charge is -2.14. The predicted octanol–water partition coefficient (Wildman–Crippen LogP) is 8.77. The number of anilines is 1. The molecule has 11 heteroatoms. The molecule has 204 valence electrons. The number of carbonyl (C=O) groups is 2.